The van der Waals surface area contributed by atoms with Gasteiger partial charge >= 0.3 is 0 Å². The summed E-state index contributed by atoms with van der Waals surface area (Å²) in [7, 11) is 0. The van der Waals surface area contributed by atoms with Crippen molar-refractivity contribution in [1.29, 1.82) is 0 Å². The van der Waals surface area contributed by atoms with Crippen LogP contribution in [0.1, 0.15) is 30.9 Å². The van der Waals surface area contributed by atoms with Crippen LogP contribution in [0.5, 0.6) is 0 Å². The Morgan fingerprint density at radius 3 is 3.15 bits per heavy atom. The molecule has 68 valence electrons. The van der Waals surface area contributed by atoms with E-state index in [0.717, 1.165) is 18.4 Å². The summed E-state index contributed by atoms with van der Waals surface area (Å²) in [5, 5.41) is 2.95. The van der Waals surface area contributed by atoms with Crippen molar-refractivity contribution in [3.8, 4) is 0 Å². The van der Waals surface area contributed by atoms with Gasteiger partial charge in [-0.2, -0.15) is 0 Å². The Labute approximate surface area is 77.2 Å². The van der Waals surface area contributed by atoms with Gasteiger partial charge in [-0.25, -0.2) is 0 Å². The molecule has 1 fully saturated rings. The van der Waals surface area contributed by atoms with E-state index in [-0.39, 0.29) is 11.9 Å². The van der Waals surface area contributed by atoms with Gasteiger partial charge in [0.15, 0.2) is 0 Å². The average Bonchev–Trinajstić information content (AvgIpc) is 2.19. The third-order valence-corrected chi connectivity index (χ3v) is 2.32. The van der Waals surface area contributed by atoms with E-state index >= 15 is 0 Å². The van der Waals surface area contributed by atoms with Crippen molar-refractivity contribution < 1.29 is 4.79 Å². The molecule has 0 saturated carbocycles. The number of pyridine rings is 1. The lowest BCUT2D eigenvalue weighted by Crippen LogP contribution is -2.32. The molecule has 3 heteroatoms. The summed E-state index contributed by atoms with van der Waals surface area (Å²) in [6, 6.07) is 4.08. The summed E-state index contributed by atoms with van der Waals surface area (Å²) in [5.74, 6) is 0.153. The molecule has 2 heterocycles. The molecule has 1 saturated heterocycles. The van der Waals surface area contributed by atoms with E-state index in [0.29, 0.717) is 6.42 Å². The second kappa shape index (κ2) is 3.56. The highest BCUT2D eigenvalue weighted by Crippen LogP contribution is 2.21. The Morgan fingerprint density at radius 2 is 2.46 bits per heavy atom. The topological polar surface area (TPSA) is 42.0 Å². The highest BCUT2D eigenvalue weighted by Gasteiger charge is 2.19. The maximum absolute atomic E-state index is 11.1. The van der Waals surface area contributed by atoms with Crippen LogP contribution in [0.15, 0.2) is 24.5 Å². The first-order valence-electron chi connectivity index (χ1n) is 4.55. The summed E-state index contributed by atoms with van der Waals surface area (Å²) in [5.41, 5.74) is 1.11. The maximum Gasteiger partial charge on any atom is 0.220 e. The van der Waals surface area contributed by atoms with Gasteiger partial charge in [0.1, 0.15) is 0 Å². The van der Waals surface area contributed by atoms with Crippen molar-refractivity contribution in [1.82, 2.24) is 10.3 Å². The summed E-state index contributed by atoms with van der Waals surface area (Å²) < 4.78 is 0. The van der Waals surface area contributed by atoms with E-state index in [1.807, 2.05) is 18.3 Å². The highest BCUT2D eigenvalue weighted by molar-refractivity contribution is 5.77. The number of aromatic nitrogens is 1. The number of nitrogens with zero attached hydrogens (tertiary/aromatic N) is 1. The molecule has 0 aliphatic carbocycles. The zero-order chi connectivity index (χ0) is 9.10. The van der Waals surface area contributed by atoms with Crippen molar-refractivity contribution in [3.63, 3.8) is 0 Å². The number of rotatable bonds is 1. The van der Waals surface area contributed by atoms with E-state index in [2.05, 4.69) is 10.3 Å². The van der Waals surface area contributed by atoms with Gasteiger partial charge in [0, 0.05) is 18.8 Å². The summed E-state index contributed by atoms with van der Waals surface area (Å²) >= 11 is 0. The van der Waals surface area contributed by atoms with Crippen LogP contribution in [0.4, 0.5) is 0 Å². The van der Waals surface area contributed by atoms with Gasteiger partial charge in [-0.05, 0) is 24.5 Å². The van der Waals surface area contributed by atoms with E-state index in [4.69, 9.17) is 0 Å². The molecule has 0 bridgehead atoms. The Morgan fingerprint density at radius 1 is 1.54 bits per heavy atom. The zero-order valence-corrected chi connectivity index (χ0v) is 7.36. The summed E-state index contributed by atoms with van der Waals surface area (Å²) in [4.78, 5) is 15.1. The van der Waals surface area contributed by atoms with Crippen LogP contribution in [0.25, 0.3) is 0 Å². The Hall–Kier alpha value is -1.38. The summed E-state index contributed by atoms with van der Waals surface area (Å²) in [6.07, 6.45) is 6.23. The molecular weight excluding hydrogens is 164 g/mol. The quantitative estimate of drug-likeness (QED) is 0.703. The molecule has 0 radical (unpaired) electrons. The second-order valence-corrected chi connectivity index (χ2v) is 3.30. The first-order chi connectivity index (χ1) is 6.36. The second-order valence-electron chi connectivity index (χ2n) is 3.30. The first kappa shape index (κ1) is 8.23. The molecule has 0 spiro atoms. The van der Waals surface area contributed by atoms with Crippen molar-refractivity contribution >= 4 is 5.91 Å². The van der Waals surface area contributed by atoms with Crippen molar-refractivity contribution in [2.24, 2.45) is 0 Å². The minimum absolute atomic E-state index is 0.153. The van der Waals surface area contributed by atoms with Crippen molar-refractivity contribution in [2.45, 2.75) is 25.3 Å². The molecule has 1 aliphatic rings. The van der Waals surface area contributed by atoms with Gasteiger partial charge in [-0.3, -0.25) is 9.78 Å². The number of nitrogens with one attached hydrogen (secondary N) is 1. The number of carbonyl (C=O) groups excluding carboxylic acids is 1. The van der Waals surface area contributed by atoms with Crippen LogP contribution in [0, 0.1) is 0 Å². The molecule has 1 amide bonds. The normalized spacial score (nSPS) is 22.5. The predicted octanol–water partition coefficient (Wildman–Crippen LogP) is 1.42. The van der Waals surface area contributed by atoms with Gasteiger partial charge in [-0.1, -0.05) is 6.07 Å². The third kappa shape index (κ3) is 1.86. The van der Waals surface area contributed by atoms with Gasteiger partial charge in [0.05, 0.1) is 6.04 Å². The molecule has 1 atom stereocenters. The molecule has 3 nitrogen and oxygen atoms in total. The van der Waals surface area contributed by atoms with E-state index in [1.54, 1.807) is 6.20 Å². The molecular formula is C10H12N2O. The minimum atomic E-state index is 0.153. The van der Waals surface area contributed by atoms with E-state index in [9.17, 15) is 4.79 Å². The van der Waals surface area contributed by atoms with Gasteiger partial charge in [-0.15, -0.1) is 0 Å². The summed E-state index contributed by atoms with van der Waals surface area (Å²) in [6.45, 7) is 0. The van der Waals surface area contributed by atoms with Gasteiger partial charge < -0.3 is 5.32 Å². The fourth-order valence-corrected chi connectivity index (χ4v) is 1.64. The monoisotopic (exact) mass is 176 g/mol. The number of hydrogen-bond acceptors (Lipinski definition) is 2. The number of amides is 1. The molecule has 13 heavy (non-hydrogen) atoms. The first-order valence-corrected chi connectivity index (χ1v) is 4.55. The van der Waals surface area contributed by atoms with Crippen LogP contribution in [-0.4, -0.2) is 10.9 Å². The Bertz CT molecular complexity index is 297. The number of carbonyl (C=O) groups is 1. The largest absolute Gasteiger partial charge is 0.349 e. The lowest BCUT2D eigenvalue weighted by molar-refractivity contribution is -0.123. The molecule has 1 aliphatic heterocycles. The number of piperidine rings is 1. The minimum Gasteiger partial charge on any atom is -0.349 e. The predicted molar refractivity (Wildman–Crippen MR) is 49.0 cm³/mol. The third-order valence-electron chi connectivity index (χ3n) is 2.32. The Balaban J connectivity index is 2.13. The zero-order valence-electron chi connectivity index (χ0n) is 7.36. The van der Waals surface area contributed by atoms with Crippen LogP contribution in [0.3, 0.4) is 0 Å². The van der Waals surface area contributed by atoms with Crippen molar-refractivity contribution in [3.05, 3.63) is 30.1 Å². The lowest BCUT2D eigenvalue weighted by Gasteiger charge is -2.22. The fourth-order valence-electron chi connectivity index (χ4n) is 1.64. The molecule has 1 aromatic heterocycles. The van der Waals surface area contributed by atoms with Crippen LogP contribution in [-0.2, 0) is 4.79 Å². The lowest BCUT2D eigenvalue weighted by atomic mass is 9.99. The van der Waals surface area contributed by atoms with E-state index < -0.39 is 0 Å². The smallest absolute Gasteiger partial charge is 0.220 e. The van der Waals surface area contributed by atoms with Gasteiger partial charge in [0.25, 0.3) is 0 Å². The van der Waals surface area contributed by atoms with Crippen LogP contribution < -0.4 is 5.32 Å². The molecule has 0 unspecified atom stereocenters. The SMILES string of the molecule is O=C1CCC[C@@H](c2cccnc2)N1. The standard InChI is InChI=1S/C10H12N2O/c13-10-5-1-4-9(12-10)8-3-2-6-11-7-8/h2-3,6-7,9H,1,4-5H2,(H,12,13)/t9-/m0/s1. The fraction of sp³-hybridized carbons (Fsp3) is 0.400. The molecule has 1 aromatic rings. The average molecular weight is 176 g/mol. The highest BCUT2D eigenvalue weighted by atomic mass is 16.1. The Kier molecular flexibility index (Phi) is 2.25. The van der Waals surface area contributed by atoms with Crippen molar-refractivity contribution in [2.75, 3.05) is 0 Å². The van der Waals surface area contributed by atoms with Crippen LogP contribution in [0.2, 0.25) is 0 Å². The van der Waals surface area contributed by atoms with Crippen LogP contribution >= 0.6 is 0 Å². The number of hydrogen-bond donors (Lipinski definition) is 1. The molecule has 0 aromatic carbocycles. The molecule has 1 N–H and O–H groups in total. The molecule has 2 rings (SSSR count). The van der Waals surface area contributed by atoms with Gasteiger partial charge in [0.2, 0.25) is 5.91 Å². The maximum atomic E-state index is 11.1. The van der Waals surface area contributed by atoms with E-state index in [1.165, 1.54) is 0 Å².